The van der Waals surface area contributed by atoms with Crippen LogP contribution in [-0.4, -0.2) is 24.5 Å². The topological polar surface area (TPSA) is 3.24 Å². The fourth-order valence-corrected chi connectivity index (χ4v) is 1.73. The van der Waals surface area contributed by atoms with Crippen molar-refractivity contribution in [3.63, 3.8) is 0 Å². The van der Waals surface area contributed by atoms with Crippen molar-refractivity contribution in [1.82, 2.24) is 4.90 Å². The van der Waals surface area contributed by atoms with Crippen LogP contribution in [0.5, 0.6) is 0 Å². The monoisotopic (exact) mass is 109 g/mol. The lowest BCUT2D eigenvalue weighted by Crippen LogP contribution is -2.17. The van der Waals surface area contributed by atoms with Gasteiger partial charge in [-0.05, 0) is 18.9 Å². The molecule has 0 spiro atoms. The van der Waals surface area contributed by atoms with Gasteiger partial charge < -0.3 is 0 Å². The van der Waals surface area contributed by atoms with Gasteiger partial charge in [0, 0.05) is 13.1 Å². The highest BCUT2D eigenvalue weighted by Gasteiger charge is 2.31. The average Bonchev–Trinajstić information content (AvgIpc) is 2.23. The van der Waals surface area contributed by atoms with Crippen molar-refractivity contribution in [3.8, 4) is 0 Å². The quantitative estimate of drug-likeness (QED) is 0.417. The highest BCUT2D eigenvalue weighted by Crippen LogP contribution is 2.30. The van der Waals surface area contributed by atoms with Gasteiger partial charge in [0.15, 0.2) is 0 Å². The summed E-state index contributed by atoms with van der Waals surface area (Å²) in [5.74, 6) is 0.870. The van der Waals surface area contributed by atoms with E-state index >= 15 is 0 Å². The van der Waals surface area contributed by atoms with Crippen molar-refractivity contribution in [2.45, 2.75) is 6.42 Å². The zero-order valence-electron chi connectivity index (χ0n) is 5.06. The van der Waals surface area contributed by atoms with E-state index in [0.29, 0.717) is 0 Å². The Morgan fingerprint density at radius 1 is 1.62 bits per heavy atom. The zero-order chi connectivity index (χ0) is 5.56. The van der Waals surface area contributed by atoms with Gasteiger partial charge >= 0.3 is 0 Å². The lowest BCUT2D eigenvalue weighted by molar-refractivity contribution is 0.392. The minimum atomic E-state index is 0.870. The maximum atomic E-state index is 4.00. The molecule has 0 aromatic heterocycles. The number of piperidine rings is 1. The van der Waals surface area contributed by atoms with E-state index in [1.807, 2.05) is 0 Å². The van der Waals surface area contributed by atoms with Crippen LogP contribution in [0.1, 0.15) is 6.42 Å². The Labute approximate surface area is 50.0 Å². The van der Waals surface area contributed by atoms with Crippen molar-refractivity contribution in [1.29, 1.82) is 0 Å². The summed E-state index contributed by atoms with van der Waals surface area (Å²) in [4.78, 5) is 2.48. The largest absolute Gasteiger partial charge is 0.299 e. The fourth-order valence-electron chi connectivity index (χ4n) is 1.73. The van der Waals surface area contributed by atoms with Gasteiger partial charge in [0.1, 0.15) is 0 Å². The summed E-state index contributed by atoms with van der Waals surface area (Å²) in [6, 6.07) is 0. The van der Waals surface area contributed by atoms with Crippen LogP contribution in [-0.2, 0) is 0 Å². The number of hydrogen-bond acceptors (Lipinski definition) is 1. The van der Waals surface area contributed by atoms with Crippen LogP contribution < -0.4 is 0 Å². The lowest BCUT2D eigenvalue weighted by Gasteiger charge is -2.12. The molecule has 44 valence electrons. The average molecular weight is 109 g/mol. The molecule has 0 N–H and O–H groups in total. The van der Waals surface area contributed by atoms with Crippen LogP contribution in [0.3, 0.4) is 0 Å². The van der Waals surface area contributed by atoms with E-state index in [4.69, 9.17) is 0 Å². The predicted octanol–water partition coefficient (Wildman–Crippen LogP) is 0.878. The van der Waals surface area contributed by atoms with Gasteiger partial charge in [0.25, 0.3) is 0 Å². The summed E-state index contributed by atoms with van der Waals surface area (Å²) in [5, 5.41) is 0. The molecule has 2 unspecified atom stereocenters. The van der Waals surface area contributed by atoms with Crippen molar-refractivity contribution in [2.75, 3.05) is 19.6 Å². The van der Waals surface area contributed by atoms with Crippen LogP contribution in [0.15, 0.2) is 12.2 Å². The third-order valence-corrected chi connectivity index (χ3v) is 2.28. The van der Waals surface area contributed by atoms with E-state index in [-0.39, 0.29) is 0 Å². The summed E-state index contributed by atoms with van der Waals surface area (Å²) in [5.41, 5.74) is 1.47. The Balaban J connectivity index is 2.22. The third kappa shape index (κ3) is 0.451. The molecule has 0 aliphatic carbocycles. The Bertz CT molecular complexity index is 128. The van der Waals surface area contributed by atoms with Gasteiger partial charge in [-0.2, -0.15) is 0 Å². The van der Waals surface area contributed by atoms with E-state index in [2.05, 4.69) is 11.5 Å². The molecule has 2 saturated heterocycles. The molecule has 2 aliphatic heterocycles. The molecule has 0 aromatic rings. The maximum Gasteiger partial charge on any atom is 0.0193 e. The van der Waals surface area contributed by atoms with Gasteiger partial charge in [-0.15, -0.1) is 0 Å². The van der Waals surface area contributed by atoms with Crippen LogP contribution in [0.2, 0.25) is 0 Å². The standard InChI is InChI=1S/C7H11N/c1-6-4-8-3-2-7(6)5-8/h7H,1-5H2. The molecular formula is C7H11N. The van der Waals surface area contributed by atoms with Gasteiger partial charge in [0.2, 0.25) is 0 Å². The summed E-state index contributed by atoms with van der Waals surface area (Å²) < 4.78 is 0. The number of nitrogens with zero attached hydrogens (tertiary/aromatic N) is 1. The van der Waals surface area contributed by atoms with E-state index in [1.54, 1.807) is 0 Å². The van der Waals surface area contributed by atoms with E-state index in [0.717, 1.165) is 5.92 Å². The molecule has 0 amide bonds. The minimum Gasteiger partial charge on any atom is -0.299 e. The van der Waals surface area contributed by atoms with Crippen molar-refractivity contribution >= 4 is 0 Å². The highest BCUT2D eigenvalue weighted by atomic mass is 15.2. The van der Waals surface area contributed by atoms with Crippen LogP contribution in [0.4, 0.5) is 0 Å². The molecule has 2 rings (SSSR count). The highest BCUT2D eigenvalue weighted by molar-refractivity contribution is 5.13. The Hall–Kier alpha value is -0.300. The third-order valence-electron chi connectivity index (χ3n) is 2.28. The Morgan fingerprint density at radius 2 is 2.50 bits per heavy atom. The van der Waals surface area contributed by atoms with Crippen LogP contribution in [0, 0.1) is 5.92 Å². The maximum absolute atomic E-state index is 4.00. The molecule has 1 nitrogen and oxygen atoms in total. The first-order valence-corrected chi connectivity index (χ1v) is 3.26. The zero-order valence-corrected chi connectivity index (χ0v) is 5.06. The molecule has 2 atom stereocenters. The second-order valence-electron chi connectivity index (χ2n) is 2.88. The Morgan fingerprint density at radius 3 is 2.75 bits per heavy atom. The SMILES string of the molecule is C=C1CN2CCC1C2. The first-order chi connectivity index (χ1) is 3.86. The van der Waals surface area contributed by atoms with Gasteiger partial charge in [-0.25, -0.2) is 0 Å². The minimum absolute atomic E-state index is 0.870. The predicted molar refractivity (Wildman–Crippen MR) is 33.7 cm³/mol. The van der Waals surface area contributed by atoms with Crippen LogP contribution >= 0.6 is 0 Å². The smallest absolute Gasteiger partial charge is 0.0193 e. The fraction of sp³-hybridized carbons (Fsp3) is 0.714. The summed E-state index contributed by atoms with van der Waals surface area (Å²) >= 11 is 0. The number of hydrogen-bond donors (Lipinski definition) is 0. The second kappa shape index (κ2) is 1.35. The van der Waals surface area contributed by atoms with Gasteiger partial charge in [0.05, 0.1) is 0 Å². The van der Waals surface area contributed by atoms with Gasteiger partial charge in [-0.1, -0.05) is 12.2 Å². The summed E-state index contributed by atoms with van der Waals surface area (Å²) in [7, 11) is 0. The summed E-state index contributed by atoms with van der Waals surface area (Å²) in [6.07, 6.45) is 1.37. The number of fused-ring (bicyclic) bond motifs is 2. The molecule has 8 heavy (non-hydrogen) atoms. The Kier molecular flexibility index (Phi) is 0.770. The first kappa shape index (κ1) is 4.57. The molecule has 0 radical (unpaired) electrons. The van der Waals surface area contributed by atoms with E-state index in [9.17, 15) is 0 Å². The van der Waals surface area contributed by atoms with Crippen molar-refractivity contribution in [2.24, 2.45) is 5.92 Å². The molecule has 2 fully saturated rings. The van der Waals surface area contributed by atoms with Crippen molar-refractivity contribution < 1.29 is 0 Å². The number of rotatable bonds is 0. The van der Waals surface area contributed by atoms with Gasteiger partial charge in [-0.3, -0.25) is 4.90 Å². The molecule has 0 aromatic carbocycles. The molecule has 1 heteroatoms. The second-order valence-corrected chi connectivity index (χ2v) is 2.88. The molecule has 2 aliphatic rings. The van der Waals surface area contributed by atoms with E-state index < -0.39 is 0 Å². The first-order valence-electron chi connectivity index (χ1n) is 3.26. The molecule has 2 bridgehead atoms. The molecule has 2 heterocycles. The van der Waals surface area contributed by atoms with Crippen molar-refractivity contribution in [3.05, 3.63) is 12.2 Å². The normalized spacial score (nSPS) is 43.8. The lowest BCUT2D eigenvalue weighted by atomic mass is 10.0. The van der Waals surface area contributed by atoms with E-state index in [1.165, 1.54) is 31.6 Å². The summed E-state index contributed by atoms with van der Waals surface area (Å²) in [6.45, 7) is 7.81. The molecule has 0 saturated carbocycles. The van der Waals surface area contributed by atoms with Crippen LogP contribution in [0.25, 0.3) is 0 Å². The molecular weight excluding hydrogens is 98.1 g/mol.